The average molecular weight is 337 g/mol. The van der Waals surface area contributed by atoms with Gasteiger partial charge in [-0.25, -0.2) is 0 Å². The number of fused-ring (bicyclic) bond motifs is 1. The molecule has 0 aromatic heterocycles. The molecule has 5 nitrogen and oxygen atoms in total. The van der Waals surface area contributed by atoms with Crippen molar-refractivity contribution in [1.82, 2.24) is 4.90 Å². The molecular weight excluding hydrogens is 306 g/mol. The summed E-state index contributed by atoms with van der Waals surface area (Å²) in [6, 6.07) is 0. The van der Waals surface area contributed by atoms with Crippen molar-refractivity contribution in [3.05, 3.63) is 0 Å². The lowest BCUT2D eigenvalue weighted by Gasteiger charge is -2.51. The Labute approximate surface area is 145 Å². The van der Waals surface area contributed by atoms with Gasteiger partial charge in [0.15, 0.2) is 0 Å². The van der Waals surface area contributed by atoms with Crippen LogP contribution in [0.3, 0.4) is 0 Å². The second-order valence-electron chi connectivity index (χ2n) is 8.22. The lowest BCUT2D eigenvalue weighted by atomic mass is 9.72. The first-order valence-electron chi connectivity index (χ1n) is 9.83. The van der Waals surface area contributed by atoms with E-state index in [4.69, 9.17) is 14.2 Å². The van der Waals surface area contributed by atoms with Gasteiger partial charge < -0.3 is 19.1 Å². The van der Waals surface area contributed by atoms with Crippen LogP contribution in [-0.2, 0) is 19.0 Å². The highest BCUT2D eigenvalue weighted by Crippen LogP contribution is 2.41. The third-order valence-electron chi connectivity index (χ3n) is 6.31. The van der Waals surface area contributed by atoms with Crippen LogP contribution in [0.4, 0.5) is 0 Å². The Morgan fingerprint density at radius 2 is 1.96 bits per heavy atom. The number of carbonyl (C=O) groups excluding carboxylic acids is 1. The van der Waals surface area contributed by atoms with Gasteiger partial charge in [0.1, 0.15) is 0 Å². The number of amides is 1. The highest BCUT2D eigenvalue weighted by atomic mass is 16.5. The molecule has 3 aliphatic heterocycles. The van der Waals surface area contributed by atoms with Gasteiger partial charge in [-0.3, -0.25) is 4.79 Å². The summed E-state index contributed by atoms with van der Waals surface area (Å²) < 4.78 is 17.6. The first-order chi connectivity index (χ1) is 11.8. The fourth-order valence-electron chi connectivity index (χ4n) is 4.61. The quantitative estimate of drug-likeness (QED) is 0.772. The van der Waals surface area contributed by atoms with Crippen molar-refractivity contribution in [3.63, 3.8) is 0 Å². The number of rotatable bonds is 5. The van der Waals surface area contributed by atoms with E-state index in [2.05, 4.69) is 4.90 Å². The topological polar surface area (TPSA) is 48.0 Å². The molecule has 0 unspecified atom stereocenters. The second kappa shape index (κ2) is 7.30. The average Bonchev–Trinajstić information content (AvgIpc) is 3.45. The van der Waals surface area contributed by atoms with Crippen molar-refractivity contribution in [2.24, 2.45) is 17.3 Å². The molecule has 4 aliphatic rings. The van der Waals surface area contributed by atoms with Crippen molar-refractivity contribution in [1.29, 1.82) is 0 Å². The molecule has 0 N–H and O–H groups in total. The first-order valence-corrected chi connectivity index (χ1v) is 9.83. The van der Waals surface area contributed by atoms with Gasteiger partial charge in [0.2, 0.25) is 5.91 Å². The lowest BCUT2D eigenvalue weighted by molar-refractivity contribution is -0.169. The Bertz CT molecular complexity index is 447. The van der Waals surface area contributed by atoms with Gasteiger partial charge in [-0.2, -0.15) is 0 Å². The van der Waals surface area contributed by atoms with Crippen molar-refractivity contribution in [2.45, 2.75) is 51.0 Å². The van der Waals surface area contributed by atoms with Gasteiger partial charge in [0.25, 0.3) is 0 Å². The first kappa shape index (κ1) is 16.8. The number of piperidine rings is 1. The summed E-state index contributed by atoms with van der Waals surface area (Å²) in [4.78, 5) is 15.1. The monoisotopic (exact) mass is 337 g/mol. The number of nitrogens with zero attached hydrogens (tertiary/aromatic N) is 1. The van der Waals surface area contributed by atoms with Gasteiger partial charge in [-0.1, -0.05) is 0 Å². The predicted octanol–water partition coefficient (Wildman–Crippen LogP) is 2.24. The van der Waals surface area contributed by atoms with Gasteiger partial charge in [0, 0.05) is 50.8 Å². The zero-order valence-corrected chi connectivity index (χ0v) is 14.7. The summed E-state index contributed by atoms with van der Waals surface area (Å²) >= 11 is 0. The molecule has 2 atom stereocenters. The number of hydrogen-bond acceptors (Lipinski definition) is 4. The molecule has 24 heavy (non-hydrogen) atoms. The summed E-state index contributed by atoms with van der Waals surface area (Å²) in [6.07, 6.45) is 7.83. The second-order valence-corrected chi connectivity index (χ2v) is 8.22. The number of likely N-dealkylation sites (tertiary alicyclic amines) is 1. The number of carbonyl (C=O) groups is 1. The van der Waals surface area contributed by atoms with Gasteiger partial charge >= 0.3 is 0 Å². The Hall–Kier alpha value is -0.650. The van der Waals surface area contributed by atoms with Gasteiger partial charge in [-0.05, 0) is 50.9 Å². The molecule has 0 aromatic rings. The predicted molar refractivity (Wildman–Crippen MR) is 89.7 cm³/mol. The molecule has 4 rings (SSSR count). The lowest BCUT2D eigenvalue weighted by Crippen LogP contribution is -2.59. The highest BCUT2D eigenvalue weighted by Gasteiger charge is 2.48. The van der Waals surface area contributed by atoms with Crippen LogP contribution in [0.1, 0.15) is 44.9 Å². The molecule has 5 heteroatoms. The van der Waals surface area contributed by atoms with Crippen LogP contribution < -0.4 is 0 Å². The van der Waals surface area contributed by atoms with Crippen LogP contribution in [0.2, 0.25) is 0 Å². The maximum absolute atomic E-state index is 13.0. The molecule has 0 spiro atoms. The maximum Gasteiger partial charge on any atom is 0.225 e. The van der Waals surface area contributed by atoms with E-state index in [-0.39, 0.29) is 17.4 Å². The van der Waals surface area contributed by atoms with Gasteiger partial charge in [0.05, 0.1) is 12.7 Å². The molecule has 4 fully saturated rings. The normalized spacial score (nSPS) is 34.8. The van der Waals surface area contributed by atoms with E-state index in [9.17, 15) is 4.79 Å². The minimum atomic E-state index is 0.0201. The molecule has 1 aliphatic carbocycles. The Balaban J connectivity index is 1.40. The molecule has 136 valence electrons. The molecule has 1 saturated carbocycles. The van der Waals surface area contributed by atoms with E-state index in [0.717, 1.165) is 84.1 Å². The minimum absolute atomic E-state index is 0.0201. The van der Waals surface area contributed by atoms with E-state index in [1.54, 1.807) is 0 Å². The molecular formula is C19H31NO4. The molecule has 0 radical (unpaired) electrons. The number of hydrogen-bond donors (Lipinski definition) is 0. The van der Waals surface area contributed by atoms with E-state index in [1.165, 1.54) is 12.8 Å². The fourth-order valence-corrected chi connectivity index (χ4v) is 4.61. The standard InChI is InChI=1S/C19H31NO4/c21-18(16-5-10-22-11-6-16)20-8-4-17-19(13-20,7-1-9-24-17)14-23-12-15-2-3-15/h15-17H,1-14H2/t17-,19+/m1/s1. The smallest absolute Gasteiger partial charge is 0.225 e. The van der Waals surface area contributed by atoms with Gasteiger partial charge in [-0.15, -0.1) is 0 Å². The highest BCUT2D eigenvalue weighted by molar-refractivity contribution is 5.79. The fraction of sp³-hybridized carbons (Fsp3) is 0.947. The molecule has 3 heterocycles. The third-order valence-corrected chi connectivity index (χ3v) is 6.31. The van der Waals surface area contributed by atoms with Crippen LogP contribution in [0.15, 0.2) is 0 Å². The molecule has 1 amide bonds. The summed E-state index contributed by atoms with van der Waals surface area (Å²) in [5.41, 5.74) is 0.0201. The Morgan fingerprint density at radius 1 is 1.12 bits per heavy atom. The van der Waals surface area contributed by atoms with Crippen molar-refractivity contribution in [3.8, 4) is 0 Å². The zero-order valence-electron chi connectivity index (χ0n) is 14.7. The van der Waals surface area contributed by atoms with E-state index in [1.807, 2.05) is 0 Å². The van der Waals surface area contributed by atoms with Crippen LogP contribution in [0.5, 0.6) is 0 Å². The van der Waals surface area contributed by atoms with Crippen LogP contribution in [0, 0.1) is 17.3 Å². The SMILES string of the molecule is O=C(C1CCOCC1)N1CC[C@H]2OCCC[C@@]2(COCC2CC2)C1. The molecule has 3 saturated heterocycles. The zero-order chi connectivity index (χ0) is 16.4. The Morgan fingerprint density at radius 3 is 2.75 bits per heavy atom. The van der Waals surface area contributed by atoms with E-state index < -0.39 is 0 Å². The van der Waals surface area contributed by atoms with Crippen LogP contribution >= 0.6 is 0 Å². The van der Waals surface area contributed by atoms with Crippen molar-refractivity contribution < 1.29 is 19.0 Å². The van der Waals surface area contributed by atoms with Crippen molar-refractivity contribution >= 4 is 5.91 Å². The summed E-state index contributed by atoms with van der Waals surface area (Å²) in [7, 11) is 0. The minimum Gasteiger partial charge on any atom is -0.381 e. The van der Waals surface area contributed by atoms with Crippen LogP contribution in [-0.4, -0.2) is 63.0 Å². The largest absolute Gasteiger partial charge is 0.381 e. The summed E-state index contributed by atoms with van der Waals surface area (Å²) in [6.45, 7) is 5.62. The summed E-state index contributed by atoms with van der Waals surface area (Å²) in [5.74, 6) is 1.28. The Kier molecular flexibility index (Phi) is 5.11. The molecule has 0 aromatic carbocycles. The third kappa shape index (κ3) is 3.63. The van der Waals surface area contributed by atoms with Crippen molar-refractivity contribution in [2.75, 3.05) is 46.1 Å². The van der Waals surface area contributed by atoms with E-state index in [0.29, 0.717) is 5.91 Å². The maximum atomic E-state index is 13.0. The van der Waals surface area contributed by atoms with E-state index >= 15 is 0 Å². The summed E-state index contributed by atoms with van der Waals surface area (Å²) in [5, 5.41) is 0. The van der Waals surface area contributed by atoms with Crippen LogP contribution in [0.25, 0.3) is 0 Å². The number of ether oxygens (including phenoxy) is 3. The molecule has 0 bridgehead atoms.